The quantitative estimate of drug-likeness (QED) is 0.320. The summed E-state index contributed by atoms with van der Waals surface area (Å²) in [6.07, 6.45) is 6.46. The SMILES string of the molecule is Cc1cc(OCCCN2CCNCC2)ncc1-c1nc2c(OC3(C)CC3)ncnc2n1Cc1ccccc1. The van der Waals surface area contributed by atoms with E-state index in [4.69, 9.17) is 14.5 Å². The van der Waals surface area contributed by atoms with Crippen molar-refractivity contribution in [3.05, 3.63) is 60.0 Å². The van der Waals surface area contributed by atoms with Crippen molar-refractivity contribution in [3.8, 4) is 23.1 Å². The Bertz CT molecular complexity index is 1400. The first-order chi connectivity index (χ1) is 18.6. The molecular formula is C29H35N7O2. The van der Waals surface area contributed by atoms with Gasteiger partial charge in [0.05, 0.1) is 13.2 Å². The molecule has 9 nitrogen and oxygen atoms in total. The van der Waals surface area contributed by atoms with Crippen LogP contribution in [0.3, 0.4) is 0 Å². The van der Waals surface area contributed by atoms with Gasteiger partial charge in [0.25, 0.3) is 0 Å². The number of ether oxygens (including phenoxy) is 2. The summed E-state index contributed by atoms with van der Waals surface area (Å²) in [5, 5.41) is 3.39. The van der Waals surface area contributed by atoms with Gasteiger partial charge in [0, 0.05) is 50.6 Å². The van der Waals surface area contributed by atoms with E-state index in [0.717, 1.165) is 74.6 Å². The van der Waals surface area contributed by atoms with Crippen molar-refractivity contribution in [2.45, 2.75) is 45.3 Å². The van der Waals surface area contributed by atoms with Gasteiger partial charge in [0.1, 0.15) is 17.8 Å². The number of nitrogens with zero attached hydrogens (tertiary/aromatic N) is 6. The molecular weight excluding hydrogens is 478 g/mol. The van der Waals surface area contributed by atoms with Gasteiger partial charge in [0.2, 0.25) is 11.8 Å². The summed E-state index contributed by atoms with van der Waals surface area (Å²) in [4.78, 5) is 21.2. The normalized spacial score (nSPS) is 17.0. The second-order valence-corrected chi connectivity index (χ2v) is 10.5. The highest BCUT2D eigenvalue weighted by Gasteiger charge is 2.41. The molecule has 1 aliphatic heterocycles. The number of fused-ring (bicyclic) bond motifs is 1. The van der Waals surface area contributed by atoms with E-state index in [1.165, 1.54) is 5.56 Å². The third kappa shape index (κ3) is 5.49. The van der Waals surface area contributed by atoms with Crippen LogP contribution in [0, 0.1) is 6.92 Å². The maximum Gasteiger partial charge on any atom is 0.245 e. The Morgan fingerprint density at radius 1 is 1.05 bits per heavy atom. The molecule has 1 aliphatic carbocycles. The fraction of sp³-hybridized carbons (Fsp3) is 0.448. The van der Waals surface area contributed by atoms with Crippen molar-refractivity contribution < 1.29 is 9.47 Å². The molecule has 0 atom stereocenters. The summed E-state index contributed by atoms with van der Waals surface area (Å²) >= 11 is 0. The smallest absolute Gasteiger partial charge is 0.245 e. The van der Waals surface area contributed by atoms with Gasteiger partial charge in [-0.1, -0.05) is 30.3 Å². The summed E-state index contributed by atoms with van der Waals surface area (Å²) in [5.74, 6) is 1.98. The van der Waals surface area contributed by atoms with E-state index in [1.807, 2.05) is 30.5 Å². The molecule has 0 spiro atoms. The molecule has 0 radical (unpaired) electrons. The highest BCUT2D eigenvalue weighted by Crippen LogP contribution is 2.41. The zero-order valence-corrected chi connectivity index (χ0v) is 22.2. The Balaban J connectivity index is 1.26. The Morgan fingerprint density at radius 2 is 1.87 bits per heavy atom. The Labute approximate surface area is 223 Å². The number of imidazole rings is 1. The Hall–Kier alpha value is -3.56. The van der Waals surface area contributed by atoms with Crippen LogP contribution in [0.2, 0.25) is 0 Å². The molecule has 0 amide bonds. The number of hydrogen-bond acceptors (Lipinski definition) is 8. The lowest BCUT2D eigenvalue weighted by Gasteiger charge is -2.26. The predicted octanol–water partition coefficient (Wildman–Crippen LogP) is 3.85. The second-order valence-electron chi connectivity index (χ2n) is 10.5. The van der Waals surface area contributed by atoms with Gasteiger partial charge in [-0.2, -0.15) is 4.98 Å². The fourth-order valence-electron chi connectivity index (χ4n) is 4.87. The fourth-order valence-corrected chi connectivity index (χ4v) is 4.87. The number of benzene rings is 1. The van der Waals surface area contributed by atoms with Crippen molar-refractivity contribution in [1.29, 1.82) is 0 Å². The van der Waals surface area contributed by atoms with Crippen LogP contribution in [0.15, 0.2) is 48.9 Å². The molecule has 4 aromatic rings. The second kappa shape index (κ2) is 10.7. The minimum absolute atomic E-state index is 0.161. The van der Waals surface area contributed by atoms with Crippen LogP contribution in [-0.4, -0.2) is 74.3 Å². The van der Waals surface area contributed by atoms with E-state index >= 15 is 0 Å². The number of nitrogens with one attached hydrogen (secondary N) is 1. The minimum atomic E-state index is -0.161. The van der Waals surface area contributed by atoms with Crippen LogP contribution in [-0.2, 0) is 6.54 Å². The molecule has 6 rings (SSSR count). The van der Waals surface area contributed by atoms with E-state index in [-0.39, 0.29) is 5.60 Å². The van der Waals surface area contributed by atoms with Crippen molar-refractivity contribution in [3.63, 3.8) is 0 Å². The summed E-state index contributed by atoms with van der Waals surface area (Å²) in [7, 11) is 0. The standard InChI is InChI=1S/C29H35N7O2/c1-21-17-24(37-16-6-13-35-14-11-30-12-15-35)31-18-23(21)26-34-25-27(36(26)19-22-7-4-3-5-8-22)32-20-33-28(25)38-29(2)9-10-29/h3-5,7-8,17-18,20,30H,6,9-16,19H2,1-2H3. The number of hydrogen-bond donors (Lipinski definition) is 1. The van der Waals surface area contributed by atoms with Crippen LogP contribution in [0.4, 0.5) is 0 Å². The average molecular weight is 514 g/mol. The number of aromatic nitrogens is 5. The van der Waals surface area contributed by atoms with Crippen LogP contribution in [0.5, 0.6) is 11.8 Å². The molecule has 0 unspecified atom stereocenters. The Kier molecular flexibility index (Phi) is 6.95. The molecule has 4 heterocycles. The zero-order valence-electron chi connectivity index (χ0n) is 22.2. The van der Waals surface area contributed by atoms with E-state index in [0.29, 0.717) is 30.4 Å². The third-order valence-corrected chi connectivity index (χ3v) is 7.38. The molecule has 0 bridgehead atoms. The summed E-state index contributed by atoms with van der Waals surface area (Å²) in [6.45, 7) is 10.9. The lowest BCUT2D eigenvalue weighted by Crippen LogP contribution is -2.43. The van der Waals surface area contributed by atoms with E-state index in [9.17, 15) is 0 Å². The lowest BCUT2D eigenvalue weighted by molar-refractivity contribution is 0.194. The van der Waals surface area contributed by atoms with Crippen LogP contribution in [0.1, 0.15) is 37.3 Å². The number of piperazine rings is 1. The monoisotopic (exact) mass is 513 g/mol. The molecule has 1 aromatic carbocycles. The van der Waals surface area contributed by atoms with Crippen LogP contribution < -0.4 is 14.8 Å². The first-order valence-corrected chi connectivity index (χ1v) is 13.6. The zero-order chi connectivity index (χ0) is 26.0. The molecule has 1 N–H and O–H groups in total. The van der Waals surface area contributed by atoms with Crippen LogP contribution in [0.25, 0.3) is 22.6 Å². The number of rotatable bonds is 10. The lowest BCUT2D eigenvalue weighted by atomic mass is 10.1. The van der Waals surface area contributed by atoms with E-state index in [2.05, 4.69) is 55.7 Å². The third-order valence-electron chi connectivity index (χ3n) is 7.38. The predicted molar refractivity (Wildman–Crippen MR) is 147 cm³/mol. The van der Waals surface area contributed by atoms with Gasteiger partial charge in [0.15, 0.2) is 11.2 Å². The molecule has 198 valence electrons. The van der Waals surface area contributed by atoms with E-state index in [1.54, 1.807) is 6.33 Å². The van der Waals surface area contributed by atoms with Crippen molar-refractivity contribution in [1.82, 2.24) is 34.7 Å². The van der Waals surface area contributed by atoms with Crippen molar-refractivity contribution in [2.75, 3.05) is 39.3 Å². The first-order valence-electron chi connectivity index (χ1n) is 13.6. The van der Waals surface area contributed by atoms with Crippen LogP contribution >= 0.6 is 0 Å². The summed E-state index contributed by atoms with van der Waals surface area (Å²) in [5.41, 5.74) is 4.43. The van der Waals surface area contributed by atoms with Gasteiger partial charge in [-0.05, 0) is 44.2 Å². The Morgan fingerprint density at radius 3 is 2.63 bits per heavy atom. The molecule has 3 aromatic heterocycles. The summed E-state index contributed by atoms with van der Waals surface area (Å²) < 4.78 is 14.4. The van der Waals surface area contributed by atoms with Gasteiger partial charge < -0.3 is 24.3 Å². The molecule has 1 saturated heterocycles. The molecule has 1 saturated carbocycles. The largest absolute Gasteiger partial charge is 0.478 e. The summed E-state index contributed by atoms with van der Waals surface area (Å²) in [6, 6.07) is 12.3. The van der Waals surface area contributed by atoms with Crippen molar-refractivity contribution in [2.24, 2.45) is 0 Å². The maximum atomic E-state index is 6.26. The molecule has 2 aliphatic rings. The number of pyridine rings is 1. The highest BCUT2D eigenvalue weighted by atomic mass is 16.5. The van der Waals surface area contributed by atoms with Gasteiger partial charge in [-0.15, -0.1) is 0 Å². The van der Waals surface area contributed by atoms with Gasteiger partial charge in [-0.3, -0.25) is 0 Å². The maximum absolute atomic E-state index is 6.26. The van der Waals surface area contributed by atoms with Crippen molar-refractivity contribution >= 4 is 11.2 Å². The average Bonchev–Trinajstić information content (AvgIpc) is 3.56. The van der Waals surface area contributed by atoms with Gasteiger partial charge in [-0.25, -0.2) is 15.0 Å². The molecule has 38 heavy (non-hydrogen) atoms. The first kappa shape index (κ1) is 24.8. The van der Waals surface area contributed by atoms with Gasteiger partial charge >= 0.3 is 0 Å². The molecule has 2 fully saturated rings. The highest BCUT2D eigenvalue weighted by molar-refractivity contribution is 5.82. The number of aryl methyl sites for hydroxylation is 1. The molecule has 9 heteroatoms. The minimum Gasteiger partial charge on any atom is -0.478 e. The van der Waals surface area contributed by atoms with E-state index < -0.39 is 0 Å². The topological polar surface area (TPSA) is 90.2 Å².